The molecule has 0 aliphatic carbocycles. The summed E-state index contributed by atoms with van der Waals surface area (Å²) in [5.74, 6) is 0. The fourth-order valence-corrected chi connectivity index (χ4v) is 2.33. The van der Waals surface area contributed by atoms with Gasteiger partial charge >= 0.3 is 0 Å². The molecule has 0 saturated heterocycles. The predicted octanol–water partition coefficient (Wildman–Crippen LogP) is 4.19. The van der Waals surface area contributed by atoms with Crippen molar-refractivity contribution in [3.63, 3.8) is 0 Å². The molecular weight excluding hydrogens is 187 g/mol. The van der Waals surface area contributed by atoms with Crippen LogP contribution >= 0.6 is 9.24 Å². The van der Waals surface area contributed by atoms with Crippen molar-refractivity contribution in [2.24, 2.45) is 0 Å². The van der Waals surface area contributed by atoms with Crippen LogP contribution in [0.1, 0.15) is 43.4 Å². The van der Waals surface area contributed by atoms with Gasteiger partial charge in [0, 0.05) is 5.16 Å². The predicted molar refractivity (Wildman–Crippen MR) is 67.9 cm³/mol. The molecule has 0 spiro atoms. The van der Waals surface area contributed by atoms with E-state index >= 15 is 0 Å². The average Bonchev–Trinajstić information content (AvgIpc) is 2.17. The molecule has 1 aromatic rings. The van der Waals surface area contributed by atoms with Gasteiger partial charge in [-0.2, -0.15) is 0 Å². The SMILES string of the molecule is CCC(P)(CC)c1ccc(C)cc1C. The Bertz CT molecular complexity index is 311. The minimum Gasteiger partial charge on any atom is -0.126 e. The van der Waals surface area contributed by atoms with Crippen molar-refractivity contribution in [3.8, 4) is 0 Å². The Hall–Kier alpha value is -0.350. The molecule has 0 radical (unpaired) electrons. The van der Waals surface area contributed by atoms with Gasteiger partial charge < -0.3 is 0 Å². The van der Waals surface area contributed by atoms with E-state index in [-0.39, 0.29) is 5.16 Å². The van der Waals surface area contributed by atoms with Gasteiger partial charge in [0.05, 0.1) is 0 Å². The second-order valence-corrected chi connectivity index (χ2v) is 5.29. The van der Waals surface area contributed by atoms with Crippen molar-refractivity contribution in [2.75, 3.05) is 0 Å². The largest absolute Gasteiger partial charge is 0.126 e. The lowest BCUT2D eigenvalue weighted by Crippen LogP contribution is -2.16. The summed E-state index contributed by atoms with van der Waals surface area (Å²) in [4.78, 5) is 0. The molecular formula is C13H21P. The minimum atomic E-state index is 0.276. The van der Waals surface area contributed by atoms with Crippen LogP contribution in [0.3, 0.4) is 0 Å². The Labute approximate surface area is 90.3 Å². The second-order valence-electron chi connectivity index (χ2n) is 4.18. The van der Waals surface area contributed by atoms with E-state index in [0.717, 1.165) is 0 Å². The number of hydrogen-bond acceptors (Lipinski definition) is 0. The van der Waals surface area contributed by atoms with Gasteiger partial charge in [0.25, 0.3) is 0 Å². The normalized spacial score (nSPS) is 11.8. The number of benzene rings is 1. The first-order valence-corrected chi connectivity index (χ1v) is 5.98. The molecule has 0 saturated carbocycles. The van der Waals surface area contributed by atoms with Crippen LogP contribution in [0.5, 0.6) is 0 Å². The Morgan fingerprint density at radius 3 is 2.14 bits per heavy atom. The molecule has 0 heterocycles. The highest BCUT2D eigenvalue weighted by Gasteiger charge is 2.23. The highest BCUT2D eigenvalue weighted by molar-refractivity contribution is 7.18. The lowest BCUT2D eigenvalue weighted by Gasteiger charge is -2.29. The first kappa shape index (κ1) is 11.7. The van der Waals surface area contributed by atoms with Gasteiger partial charge in [-0.25, -0.2) is 0 Å². The Morgan fingerprint density at radius 2 is 1.71 bits per heavy atom. The van der Waals surface area contributed by atoms with E-state index in [1.807, 2.05) is 0 Å². The zero-order valence-corrected chi connectivity index (χ0v) is 10.9. The van der Waals surface area contributed by atoms with Crippen LogP contribution in [-0.4, -0.2) is 0 Å². The van der Waals surface area contributed by atoms with Crippen LogP contribution in [0.15, 0.2) is 18.2 Å². The van der Waals surface area contributed by atoms with Crippen molar-refractivity contribution in [1.82, 2.24) is 0 Å². The molecule has 1 rings (SSSR count). The molecule has 0 aliphatic heterocycles. The maximum Gasteiger partial charge on any atom is 0.00949 e. The second kappa shape index (κ2) is 4.45. The van der Waals surface area contributed by atoms with Gasteiger partial charge in [-0.1, -0.05) is 37.6 Å². The smallest absolute Gasteiger partial charge is 0.00949 e. The van der Waals surface area contributed by atoms with Gasteiger partial charge in [-0.3, -0.25) is 0 Å². The molecule has 14 heavy (non-hydrogen) atoms. The monoisotopic (exact) mass is 208 g/mol. The maximum absolute atomic E-state index is 3.03. The number of aryl methyl sites for hydroxylation is 2. The minimum absolute atomic E-state index is 0.276. The third-order valence-corrected chi connectivity index (χ3v) is 4.31. The summed E-state index contributed by atoms with van der Waals surface area (Å²) in [5, 5.41) is 0.276. The lowest BCUT2D eigenvalue weighted by atomic mass is 9.88. The summed E-state index contributed by atoms with van der Waals surface area (Å²) in [6, 6.07) is 6.77. The van der Waals surface area contributed by atoms with E-state index in [9.17, 15) is 0 Å². The molecule has 1 heteroatoms. The Morgan fingerprint density at radius 1 is 1.14 bits per heavy atom. The van der Waals surface area contributed by atoms with Gasteiger partial charge in [0.15, 0.2) is 0 Å². The van der Waals surface area contributed by atoms with Crippen LogP contribution in [0, 0.1) is 13.8 Å². The molecule has 0 amide bonds. The first-order chi connectivity index (χ1) is 6.53. The lowest BCUT2D eigenvalue weighted by molar-refractivity contribution is 0.575. The van der Waals surface area contributed by atoms with Crippen molar-refractivity contribution in [3.05, 3.63) is 34.9 Å². The topological polar surface area (TPSA) is 0 Å². The Kier molecular flexibility index (Phi) is 3.72. The van der Waals surface area contributed by atoms with Gasteiger partial charge in [-0.15, -0.1) is 9.24 Å². The zero-order valence-electron chi connectivity index (χ0n) is 9.72. The molecule has 0 nitrogen and oxygen atoms in total. The molecule has 0 N–H and O–H groups in total. The van der Waals surface area contributed by atoms with E-state index < -0.39 is 0 Å². The van der Waals surface area contributed by atoms with Gasteiger partial charge in [-0.05, 0) is 37.8 Å². The first-order valence-electron chi connectivity index (χ1n) is 5.40. The molecule has 78 valence electrons. The van der Waals surface area contributed by atoms with E-state index in [1.165, 1.54) is 29.5 Å². The summed E-state index contributed by atoms with van der Waals surface area (Å²) in [6.45, 7) is 8.89. The van der Waals surface area contributed by atoms with E-state index in [2.05, 4.69) is 55.1 Å². The van der Waals surface area contributed by atoms with Crippen molar-refractivity contribution in [2.45, 2.75) is 45.7 Å². The van der Waals surface area contributed by atoms with Gasteiger partial charge in [0.2, 0.25) is 0 Å². The number of rotatable bonds is 3. The average molecular weight is 208 g/mol. The summed E-state index contributed by atoms with van der Waals surface area (Å²) < 4.78 is 0. The molecule has 0 aliphatic rings. The Balaban J connectivity index is 3.17. The van der Waals surface area contributed by atoms with Crippen LogP contribution in [0.4, 0.5) is 0 Å². The molecule has 1 aromatic carbocycles. The van der Waals surface area contributed by atoms with Crippen LogP contribution in [0.25, 0.3) is 0 Å². The highest BCUT2D eigenvalue weighted by atomic mass is 31.0. The summed E-state index contributed by atoms with van der Waals surface area (Å²) in [7, 11) is 3.03. The fourth-order valence-electron chi connectivity index (χ4n) is 2.00. The molecule has 0 aromatic heterocycles. The van der Waals surface area contributed by atoms with Crippen LogP contribution in [0.2, 0.25) is 0 Å². The summed E-state index contributed by atoms with van der Waals surface area (Å²) >= 11 is 0. The molecule has 0 fully saturated rings. The van der Waals surface area contributed by atoms with E-state index in [1.54, 1.807) is 0 Å². The summed E-state index contributed by atoms with van der Waals surface area (Å²) in [6.07, 6.45) is 2.36. The molecule has 0 bridgehead atoms. The quantitative estimate of drug-likeness (QED) is 0.653. The van der Waals surface area contributed by atoms with Gasteiger partial charge in [0.1, 0.15) is 0 Å². The molecule has 1 unspecified atom stereocenters. The third-order valence-electron chi connectivity index (χ3n) is 3.18. The number of hydrogen-bond donors (Lipinski definition) is 0. The zero-order chi connectivity index (χ0) is 10.8. The fraction of sp³-hybridized carbons (Fsp3) is 0.538. The summed E-state index contributed by atoms with van der Waals surface area (Å²) in [5.41, 5.74) is 4.26. The van der Waals surface area contributed by atoms with E-state index in [4.69, 9.17) is 0 Å². The van der Waals surface area contributed by atoms with Crippen LogP contribution in [-0.2, 0) is 5.16 Å². The third kappa shape index (κ3) is 2.17. The van der Waals surface area contributed by atoms with Crippen molar-refractivity contribution < 1.29 is 0 Å². The molecule has 1 atom stereocenters. The van der Waals surface area contributed by atoms with Crippen LogP contribution < -0.4 is 0 Å². The highest BCUT2D eigenvalue weighted by Crippen LogP contribution is 2.39. The van der Waals surface area contributed by atoms with Crippen molar-refractivity contribution >= 4 is 9.24 Å². The van der Waals surface area contributed by atoms with E-state index in [0.29, 0.717) is 0 Å². The maximum atomic E-state index is 3.03. The van der Waals surface area contributed by atoms with Crippen molar-refractivity contribution in [1.29, 1.82) is 0 Å². The standard InChI is InChI=1S/C13H21P/c1-5-13(14,6-2)12-8-7-10(3)9-11(12)4/h7-9H,5-6,14H2,1-4H3.